The zero-order chi connectivity index (χ0) is 18.7. The van der Waals surface area contributed by atoms with E-state index in [1.807, 2.05) is 0 Å². The molecule has 23 heavy (non-hydrogen) atoms. The summed E-state index contributed by atoms with van der Waals surface area (Å²) in [5.41, 5.74) is -5.82. The predicted molar refractivity (Wildman–Crippen MR) is 60.5 cm³/mol. The second-order valence-electron chi connectivity index (χ2n) is 4.74. The molecular weight excluding hydrogens is 347 g/mol. The van der Waals surface area contributed by atoms with E-state index in [0.717, 1.165) is 0 Å². The second-order valence-corrected chi connectivity index (χ2v) is 4.74. The van der Waals surface area contributed by atoms with Crippen LogP contribution in [-0.2, 0) is 9.53 Å². The first kappa shape index (κ1) is 21.6. The molecule has 1 atom stereocenters. The maximum absolute atomic E-state index is 13.6. The maximum atomic E-state index is 13.6. The highest BCUT2D eigenvalue weighted by atomic mass is 19.4. The Kier molecular flexibility index (Phi) is 6.56. The molecule has 1 unspecified atom stereocenters. The fourth-order valence-electron chi connectivity index (χ4n) is 1.46. The van der Waals surface area contributed by atoms with Crippen molar-refractivity contribution in [1.82, 2.24) is 0 Å². The molecule has 0 amide bonds. The van der Waals surface area contributed by atoms with Gasteiger partial charge in [-0.1, -0.05) is 6.58 Å². The lowest BCUT2D eigenvalue weighted by Crippen LogP contribution is -2.62. The first-order valence-electron chi connectivity index (χ1n) is 6.10. The SMILES string of the molecule is C=C(C)C(=O)OCCCCC(F)(C(F)(F)F)C(F)(F)C(F)(F)F. The van der Waals surface area contributed by atoms with Gasteiger partial charge in [-0.25, -0.2) is 9.18 Å². The van der Waals surface area contributed by atoms with Gasteiger partial charge in [0.1, 0.15) is 0 Å². The van der Waals surface area contributed by atoms with E-state index >= 15 is 0 Å². The van der Waals surface area contributed by atoms with E-state index in [2.05, 4.69) is 11.3 Å². The summed E-state index contributed by atoms with van der Waals surface area (Å²) in [5, 5.41) is 0. The molecular formula is C12H13F9O2. The number of alkyl halides is 9. The Morgan fingerprint density at radius 2 is 1.39 bits per heavy atom. The van der Waals surface area contributed by atoms with E-state index in [1.165, 1.54) is 6.92 Å². The van der Waals surface area contributed by atoms with Crippen LogP contribution in [0.2, 0.25) is 0 Å². The summed E-state index contributed by atoms with van der Waals surface area (Å²) >= 11 is 0. The molecule has 2 nitrogen and oxygen atoms in total. The van der Waals surface area contributed by atoms with Crippen LogP contribution in [0.3, 0.4) is 0 Å². The lowest BCUT2D eigenvalue weighted by Gasteiger charge is -2.35. The van der Waals surface area contributed by atoms with E-state index in [4.69, 9.17) is 0 Å². The maximum Gasteiger partial charge on any atom is 0.457 e. The Labute approximate surface area is 125 Å². The van der Waals surface area contributed by atoms with Crippen molar-refractivity contribution in [2.24, 2.45) is 0 Å². The standard InChI is InChI=1S/C12H13F9O2/c1-7(2)8(22)23-6-4-3-5-9(13,11(16,17)18)10(14,15)12(19,20)21/h1,3-6H2,2H3. The van der Waals surface area contributed by atoms with Crippen LogP contribution >= 0.6 is 0 Å². The molecule has 0 aliphatic heterocycles. The molecule has 0 N–H and O–H groups in total. The summed E-state index contributed by atoms with van der Waals surface area (Å²) in [6.45, 7) is 3.86. The van der Waals surface area contributed by atoms with Gasteiger partial charge in [-0.3, -0.25) is 0 Å². The van der Waals surface area contributed by atoms with Crippen LogP contribution in [0.4, 0.5) is 39.5 Å². The molecule has 0 saturated heterocycles. The van der Waals surface area contributed by atoms with E-state index in [9.17, 15) is 44.3 Å². The number of carbonyl (C=O) groups is 1. The average molecular weight is 360 g/mol. The van der Waals surface area contributed by atoms with Crippen molar-refractivity contribution < 1.29 is 49.0 Å². The van der Waals surface area contributed by atoms with Gasteiger partial charge in [-0.05, 0) is 26.2 Å². The highest BCUT2D eigenvalue weighted by molar-refractivity contribution is 5.86. The molecule has 0 fully saturated rings. The number of esters is 1. The number of carbonyl (C=O) groups excluding carboxylic acids is 1. The Bertz CT molecular complexity index is 439. The van der Waals surface area contributed by atoms with Gasteiger partial charge < -0.3 is 4.74 Å². The third-order valence-corrected chi connectivity index (χ3v) is 2.80. The van der Waals surface area contributed by atoms with Gasteiger partial charge in [0, 0.05) is 5.57 Å². The monoisotopic (exact) mass is 360 g/mol. The molecule has 0 saturated carbocycles. The number of unbranched alkanes of at least 4 members (excludes halogenated alkanes) is 1. The van der Waals surface area contributed by atoms with Crippen molar-refractivity contribution >= 4 is 5.97 Å². The fraction of sp³-hybridized carbons (Fsp3) is 0.750. The van der Waals surface area contributed by atoms with Gasteiger partial charge >= 0.3 is 24.2 Å². The van der Waals surface area contributed by atoms with Gasteiger partial charge in [0.05, 0.1) is 6.61 Å². The number of rotatable bonds is 7. The van der Waals surface area contributed by atoms with Crippen molar-refractivity contribution in [3.63, 3.8) is 0 Å². The average Bonchev–Trinajstić information content (AvgIpc) is 2.34. The minimum atomic E-state index is -6.70. The molecule has 0 aliphatic carbocycles. The third kappa shape index (κ3) is 4.77. The molecule has 0 heterocycles. The van der Waals surface area contributed by atoms with Gasteiger partial charge in [0.25, 0.3) is 5.67 Å². The Balaban J connectivity index is 4.92. The first-order valence-corrected chi connectivity index (χ1v) is 6.10. The lowest BCUT2D eigenvalue weighted by atomic mass is 9.90. The van der Waals surface area contributed by atoms with Crippen LogP contribution in [0.25, 0.3) is 0 Å². The zero-order valence-electron chi connectivity index (χ0n) is 11.8. The summed E-state index contributed by atoms with van der Waals surface area (Å²) in [7, 11) is 0. The largest absolute Gasteiger partial charge is 0.462 e. The van der Waals surface area contributed by atoms with Crippen molar-refractivity contribution in [2.45, 2.75) is 50.1 Å². The second kappa shape index (κ2) is 7.00. The summed E-state index contributed by atoms with van der Waals surface area (Å²) in [5.74, 6) is -7.53. The molecule has 0 rings (SSSR count). The number of ether oxygens (including phenoxy) is 1. The molecule has 0 aromatic carbocycles. The molecule has 0 spiro atoms. The molecule has 0 aromatic rings. The third-order valence-electron chi connectivity index (χ3n) is 2.80. The van der Waals surface area contributed by atoms with E-state index in [1.54, 1.807) is 0 Å². The molecule has 136 valence electrons. The van der Waals surface area contributed by atoms with Crippen LogP contribution in [0.5, 0.6) is 0 Å². The molecule has 0 radical (unpaired) electrons. The van der Waals surface area contributed by atoms with Crippen LogP contribution in [0.1, 0.15) is 26.2 Å². The summed E-state index contributed by atoms with van der Waals surface area (Å²) in [6, 6.07) is 0. The summed E-state index contributed by atoms with van der Waals surface area (Å²) < 4.78 is 117. The topological polar surface area (TPSA) is 26.3 Å². The first-order chi connectivity index (χ1) is 10.1. The Hall–Kier alpha value is -1.42. The number of halogens is 9. The highest BCUT2D eigenvalue weighted by Gasteiger charge is 2.80. The van der Waals surface area contributed by atoms with Crippen molar-refractivity contribution in [1.29, 1.82) is 0 Å². The van der Waals surface area contributed by atoms with Gasteiger partial charge in [-0.15, -0.1) is 0 Å². The number of hydrogen-bond acceptors (Lipinski definition) is 2. The molecule has 0 aliphatic rings. The Morgan fingerprint density at radius 1 is 0.913 bits per heavy atom. The van der Waals surface area contributed by atoms with E-state index in [-0.39, 0.29) is 5.57 Å². The number of hydrogen-bond donors (Lipinski definition) is 0. The Morgan fingerprint density at radius 3 is 1.74 bits per heavy atom. The smallest absolute Gasteiger partial charge is 0.457 e. The molecule has 0 aromatic heterocycles. The normalized spacial score (nSPS) is 15.9. The van der Waals surface area contributed by atoms with Gasteiger partial charge in [0.2, 0.25) is 0 Å². The minimum Gasteiger partial charge on any atom is -0.462 e. The van der Waals surface area contributed by atoms with E-state index < -0.39 is 55.8 Å². The van der Waals surface area contributed by atoms with Crippen LogP contribution in [-0.4, -0.2) is 36.5 Å². The summed E-state index contributed by atoms with van der Waals surface area (Å²) in [6.07, 6.45) is -16.8. The predicted octanol–water partition coefficient (Wildman–Crippen LogP) is 4.74. The summed E-state index contributed by atoms with van der Waals surface area (Å²) in [4.78, 5) is 10.9. The van der Waals surface area contributed by atoms with Crippen LogP contribution < -0.4 is 0 Å². The van der Waals surface area contributed by atoms with Crippen molar-refractivity contribution in [2.75, 3.05) is 6.61 Å². The lowest BCUT2D eigenvalue weighted by molar-refractivity contribution is -0.384. The van der Waals surface area contributed by atoms with Gasteiger partial charge in [0.15, 0.2) is 0 Å². The van der Waals surface area contributed by atoms with Crippen LogP contribution in [0.15, 0.2) is 12.2 Å². The van der Waals surface area contributed by atoms with Crippen LogP contribution in [0, 0.1) is 0 Å². The minimum absolute atomic E-state index is 0.0521. The van der Waals surface area contributed by atoms with E-state index in [0.29, 0.717) is 0 Å². The van der Waals surface area contributed by atoms with Crippen molar-refractivity contribution in [3.8, 4) is 0 Å². The highest BCUT2D eigenvalue weighted by Crippen LogP contribution is 2.54. The zero-order valence-corrected chi connectivity index (χ0v) is 11.8. The fourth-order valence-corrected chi connectivity index (χ4v) is 1.46. The van der Waals surface area contributed by atoms with Gasteiger partial charge in [-0.2, -0.15) is 35.1 Å². The quantitative estimate of drug-likeness (QED) is 0.284. The van der Waals surface area contributed by atoms with Crippen molar-refractivity contribution in [3.05, 3.63) is 12.2 Å². The molecule has 0 bridgehead atoms. The molecule has 11 heteroatoms.